The fourth-order valence-electron chi connectivity index (χ4n) is 4.39. The molecule has 1 aromatic heterocycles. The van der Waals surface area contributed by atoms with Crippen molar-refractivity contribution in [1.82, 2.24) is 15.2 Å². The van der Waals surface area contributed by atoms with Crippen molar-refractivity contribution in [1.29, 1.82) is 0 Å². The third kappa shape index (κ3) is 5.98. The summed E-state index contributed by atoms with van der Waals surface area (Å²) in [5, 5.41) is 6.90. The Morgan fingerprint density at radius 2 is 1.88 bits per heavy atom. The molecule has 0 saturated carbocycles. The lowest BCUT2D eigenvalue weighted by Gasteiger charge is -2.22. The van der Waals surface area contributed by atoms with Gasteiger partial charge in [0.1, 0.15) is 11.5 Å². The van der Waals surface area contributed by atoms with E-state index < -0.39 is 0 Å². The van der Waals surface area contributed by atoms with Crippen molar-refractivity contribution in [3.8, 4) is 11.5 Å². The maximum atomic E-state index is 5.44. The number of likely N-dealkylation sites (tertiary alicyclic amines) is 1. The molecule has 0 spiro atoms. The SMILES string of the molecule is CN=C(NCCc1csc(N2CCCC2)n1)N1CCC(c2cc(OC)cc(OC)c2)C1.I. The molecule has 2 aliphatic heterocycles. The number of aliphatic imine (C=N–C) groups is 1. The van der Waals surface area contributed by atoms with E-state index in [-0.39, 0.29) is 24.0 Å². The number of ether oxygens (including phenoxy) is 2. The molecule has 2 fully saturated rings. The van der Waals surface area contributed by atoms with Gasteiger partial charge >= 0.3 is 0 Å². The summed E-state index contributed by atoms with van der Waals surface area (Å²) in [6, 6.07) is 6.16. The third-order valence-corrected chi connectivity index (χ3v) is 7.08. The van der Waals surface area contributed by atoms with Gasteiger partial charge in [0.05, 0.1) is 19.9 Å². The number of halogens is 1. The highest BCUT2D eigenvalue weighted by atomic mass is 127. The molecule has 176 valence electrons. The van der Waals surface area contributed by atoms with Gasteiger partial charge in [-0.25, -0.2) is 4.98 Å². The van der Waals surface area contributed by atoms with Crippen molar-refractivity contribution < 1.29 is 9.47 Å². The van der Waals surface area contributed by atoms with Crippen molar-refractivity contribution in [2.75, 3.05) is 58.9 Å². The van der Waals surface area contributed by atoms with Crippen LogP contribution in [0.1, 0.15) is 36.4 Å². The van der Waals surface area contributed by atoms with Crippen molar-refractivity contribution >= 4 is 46.4 Å². The van der Waals surface area contributed by atoms with Crippen molar-refractivity contribution in [2.24, 2.45) is 4.99 Å². The molecule has 1 N–H and O–H groups in total. The second kappa shape index (κ2) is 11.9. The molecule has 32 heavy (non-hydrogen) atoms. The minimum absolute atomic E-state index is 0. The van der Waals surface area contributed by atoms with Gasteiger partial charge in [-0.1, -0.05) is 0 Å². The van der Waals surface area contributed by atoms with Crippen LogP contribution in [0.25, 0.3) is 0 Å². The highest BCUT2D eigenvalue weighted by molar-refractivity contribution is 14.0. The zero-order chi connectivity index (χ0) is 21.6. The Hall–Kier alpha value is -1.75. The van der Waals surface area contributed by atoms with Crippen LogP contribution < -0.4 is 19.7 Å². The Morgan fingerprint density at radius 3 is 2.53 bits per heavy atom. The van der Waals surface area contributed by atoms with E-state index in [1.54, 1.807) is 25.6 Å². The van der Waals surface area contributed by atoms with Crippen molar-refractivity contribution in [3.05, 3.63) is 34.8 Å². The monoisotopic (exact) mass is 571 g/mol. The first-order valence-corrected chi connectivity index (χ1v) is 12.0. The predicted octanol–water partition coefficient (Wildman–Crippen LogP) is 3.99. The molecule has 2 saturated heterocycles. The number of nitrogens with zero attached hydrogens (tertiary/aromatic N) is 4. The summed E-state index contributed by atoms with van der Waals surface area (Å²) in [6.07, 6.45) is 4.56. The lowest BCUT2D eigenvalue weighted by atomic mass is 9.98. The third-order valence-electron chi connectivity index (χ3n) is 6.13. The lowest BCUT2D eigenvalue weighted by Crippen LogP contribution is -2.40. The van der Waals surface area contributed by atoms with E-state index in [1.807, 2.05) is 13.1 Å². The minimum atomic E-state index is 0. The molecule has 0 bridgehead atoms. The quantitative estimate of drug-likeness (QED) is 0.308. The maximum absolute atomic E-state index is 5.44. The fraction of sp³-hybridized carbons (Fsp3) is 0.565. The Labute approximate surface area is 212 Å². The van der Waals surface area contributed by atoms with Crippen LogP contribution >= 0.6 is 35.3 Å². The normalized spacial score (nSPS) is 18.6. The number of benzene rings is 1. The number of thiazole rings is 1. The summed E-state index contributed by atoms with van der Waals surface area (Å²) in [5.74, 6) is 3.08. The van der Waals surface area contributed by atoms with Crippen LogP contribution in [-0.2, 0) is 6.42 Å². The molecule has 2 aromatic rings. The average molecular weight is 572 g/mol. The second-order valence-electron chi connectivity index (χ2n) is 8.12. The fourth-order valence-corrected chi connectivity index (χ4v) is 5.30. The zero-order valence-corrected chi connectivity index (χ0v) is 22.3. The molecule has 9 heteroatoms. The highest BCUT2D eigenvalue weighted by Gasteiger charge is 2.27. The molecule has 1 atom stereocenters. The van der Waals surface area contributed by atoms with Gasteiger partial charge in [-0.3, -0.25) is 4.99 Å². The molecule has 1 unspecified atom stereocenters. The van der Waals surface area contributed by atoms with E-state index in [0.717, 1.165) is 68.7 Å². The highest BCUT2D eigenvalue weighted by Crippen LogP contribution is 2.33. The van der Waals surface area contributed by atoms with Gasteiger partial charge < -0.3 is 24.6 Å². The number of anilines is 1. The molecular weight excluding hydrogens is 537 g/mol. The predicted molar refractivity (Wildman–Crippen MR) is 143 cm³/mol. The Morgan fingerprint density at radius 1 is 1.16 bits per heavy atom. The van der Waals surface area contributed by atoms with Crippen LogP contribution in [0.15, 0.2) is 28.6 Å². The largest absolute Gasteiger partial charge is 0.497 e. The van der Waals surface area contributed by atoms with Crippen LogP contribution in [0.5, 0.6) is 11.5 Å². The van der Waals surface area contributed by atoms with Gasteiger partial charge in [0.25, 0.3) is 0 Å². The number of hydrogen-bond donors (Lipinski definition) is 1. The standard InChI is InChI=1S/C23H33N5O2S.HI/c1-24-22(25-8-6-19-16-31-23(26-19)27-9-4-5-10-27)28-11-7-17(15-28)18-12-20(29-2)14-21(13-18)30-3;/h12-14,16-17H,4-11,15H2,1-3H3,(H,24,25);1H. The van der Waals surface area contributed by atoms with E-state index in [2.05, 4.69) is 37.6 Å². The van der Waals surface area contributed by atoms with Crippen LogP contribution in [-0.4, -0.2) is 69.8 Å². The number of hydrogen-bond acceptors (Lipinski definition) is 6. The number of guanidine groups is 1. The van der Waals surface area contributed by atoms with Crippen LogP contribution in [0.2, 0.25) is 0 Å². The number of methoxy groups -OCH3 is 2. The maximum Gasteiger partial charge on any atom is 0.193 e. The number of nitrogens with one attached hydrogen (secondary N) is 1. The smallest absolute Gasteiger partial charge is 0.193 e. The molecule has 0 radical (unpaired) electrons. The van der Waals surface area contributed by atoms with Gasteiger partial charge in [-0.2, -0.15) is 0 Å². The molecule has 0 aliphatic carbocycles. The first-order chi connectivity index (χ1) is 15.2. The van der Waals surface area contributed by atoms with Crippen molar-refractivity contribution in [3.63, 3.8) is 0 Å². The van der Waals surface area contributed by atoms with Crippen LogP contribution in [0, 0.1) is 0 Å². The topological polar surface area (TPSA) is 62.2 Å². The molecule has 3 heterocycles. The zero-order valence-electron chi connectivity index (χ0n) is 19.2. The average Bonchev–Trinajstić information content (AvgIpc) is 3.57. The van der Waals surface area contributed by atoms with E-state index in [0.29, 0.717) is 5.92 Å². The molecule has 2 aliphatic rings. The Kier molecular flexibility index (Phi) is 9.27. The van der Waals surface area contributed by atoms with E-state index in [1.165, 1.54) is 23.5 Å². The van der Waals surface area contributed by atoms with Gasteiger partial charge in [-0.05, 0) is 37.0 Å². The minimum Gasteiger partial charge on any atom is -0.497 e. The first-order valence-electron chi connectivity index (χ1n) is 11.1. The molecule has 0 amide bonds. The van der Waals surface area contributed by atoms with E-state index in [9.17, 15) is 0 Å². The van der Waals surface area contributed by atoms with E-state index in [4.69, 9.17) is 14.5 Å². The van der Waals surface area contributed by atoms with Crippen molar-refractivity contribution in [2.45, 2.75) is 31.6 Å². The summed E-state index contributed by atoms with van der Waals surface area (Å²) in [7, 11) is 5.25. The summed E-state index contributed by atoms with van der Waals surface area (Å²) in [4.78, 5) is 14.1. The summed E-state index contributed by atoms with van der Waals surface area (Å²) in [5.41, 5.74) is 2.42. The lowest BCUT2D eigenvalue weighted by molar-refractivity contribution is 0.392. The number of rotatable bonds is 7. The molecule has 7 nitrogen and oxygen atoms in total. The summed E-state index contributed by atoms with van der Waals surface area (Å²) >= 11 is 1.77. The number of aromatic nitrogens is 1. The van der Waals surface area contributed by atoms with Gasteiger partial charge in [-0.15, -0.1) is 35.3 Å². The summed E-state index contributed by atoms with van der Waals surface area (Å²) in [6.45, 7) is 5.05. The Balaban J connectivity index is 0.00000289. The molecule has 1 aromatic carbocycles. The van der Waals surface area contributed by atoms with Gasteiger partial charge in [0.15, 0.2) is 11.1 Å². The first kappa shape index (κ1) is 24.9. The van der Waals surface area contributed by atoms with Crippen LogP contribution in [0.3, 0.4) is 0 Å². The Bertz CT molecular complexity index is 878. The molecule has 4 rings (SSSR count). The molecular formula is C23H34IN5O2S. The van der Waals surface area contributed by atoms with Crippen LogP contribution in [0.4, 0.5) is 5.13 Å². The van der Waals surface area contributed by atoms with Gasteiger partial charge in [0.2, 0.25) is 0 Å². The second-order valence-corrected chi connectivity index (χ2v) is 8.95. The van der Waals surface area contributed by atoms with E-state index >= 15 is 0 Å². The summed E-state index contributed by atoms with van der Waals surface area (Å²) < 4.78 is 10.9. The van der Waals surface area contributed by atoms with Gasteiger partial charge in [0, 0.05) is 63.6 Å².